The fourth-order valence-corrected chi connectivity index (χ4v) is 1.50. The molecule has 1 aliphatic heterocycles. The topological polar surface area (TPSA) is 75.7 Å². The predicted octanol–water partition coefficient (Wildman–Crippen LogP) is -0.325. The summed E-state index contributed by atoms with van der Waals surface area (Å²) in [5.41, 5.74) is -0.551. The molecule has 1 heterocycles. The molecule has 2 amide bonds. The average Bonchev–Trinajstić information content (AvgIpc) is 2.40. The molecule has 1 fully saturated rings. The summed E-state index contributed by atoms with van der Waals surface area (Å²) in [5.74, 6) is -0.984. The molecular formula is C11H18N2O4. The maximum Gasteiger partial charge on any atom is 0.320 e. The normalized spacial score (nSPS) is 20.9. The van der Waals surface area contributed by atoms with Crippen LogP contribution in [0.4, 0.5) is 0 Å². The number of carbonyl (C=O) groups excluding carboxylic acids is 3. The lowest BCUT2D eigenvalue weighted by Gasteiger charge is -2.20. The lowest BCUT2D eigenvalue weighted by Crippen LogP contribution is -2.41. The summed E-state index contributed by atoms with van der Waals surface area (Å²) in [6.45, 7) is 5.23. The van der Waals surface area contributed by atoms with Gasteiger partial charge in [-0.1, -0.05) is 0 Å². The van der Waals surface area contributed by atoms with Crippen LogP contribution in [0.25, 0.3) is 0 Å². The summed E-state index contributed by atoms with van der Waals surface area (Å²) in [7, 11) is 1.43. The quantitative estimate of drug-likeness (QED) is 0.542. The molecule has 6 heteroatoms. The summed E-state index contributed by atoms with van der Waals surface area (Å²) >= 11 is 0. The zero-order valence-electron chi connectivity index (χ0n) is 10.6. The van der Waals surface area contributed by atoms with Crippen LogP contribution in [0.2, 0.25) is 0 Å². The number of esters is 1. The third-order valence-corrected chi connectivity index (χ3v) is 2.29. The van der Waals surface area contributed by atoms with Gasteiger partial charge in [-0.05, 0) is 20.8 Å². The second kappa shape index (κ2) is 4.83. The Morgan fingerprint density at radius 2 is 2.06 bits per heavy atom. The highest BCUT2D eigenvalue weighted by Crippen LogP contribution is 2.11. The van der Waals surface area contributed by atoms with Gasteiger partial charge in [0.1, 0.15) is 5.60 Å². The second-order valence-corrected chi connectivity index (χ2v) is 5.02. The van der Waals surface area contributed by atoms with Crippen LogP contribution in [0.15, 0.2) is 0 Å². The Morgan fingerprint density at radius 1 is 1.47 bits per heavy atom. The molecule has 1 N–H and O–H groups in total. The van der Waals surface area contributed by atoms with Crippen molar-refractivity contribution in [3.05, 3.63) is 0 Å². The van der Waals surface area contributed by atoms with Gasteiger partial charge in [-0.15, -0.1) is 0 Å². The third-order valence-electron chi connectivity index (χ3n) is 2.29. The van der Waals surface area contributed by atoms with Gasteiger partial charge in [0.15, 0.2) is 0 Å². The van der Waals surface area contributed by atoms with Crippen LogP contribution in [0.1, 0.15) is 27.2 Å². The van der Waals surface area contributed by atoms with Crippen LogP contribution in [0.5, 0.6) is 0 Å². The lowest BCUT2D eigenvalue weighted by molar-refractivity contribution is -0.153. The number of likely N-dealkylation sites (N-methyl/N-ethyl adjacent to an activating group) is 1. The molecule has 0 aromatic heterocycles. The van der Waals surface area contributed by atoms with Crippen molar-refractivity contribution in [3.63, 3.8) is 0 Å². The van der Waals surface area contributed by atoms with Crippen LogP contribution >= 0.6 is 0 Å². The summed E-state index contributed by atoms with van der Waals surface area (Å²) in [6.07, 6.45) is 0.0954. The highest BCUT2D eigenvalue weighted by atomic mass is 16.6. The van der Waals surface area contributed by atoms with E-state index in [1.807, 2.05) is 0 Å². The maximum absolute atomic E-state index is 11.5. The van der Waals surface area contributed by atoms with E-state index in [1.165, 1.54) is 7.05 Å². The van der Waals surface area contributed by atoms with Gasteiger partial charge in [0.25, 0.3) is 0 Å². The van der Waals surface area contributed by atoms with E-state index in [-0.39, 0.29) is 24.8 Å². The molecule has 6 nitrogen and oxygen atoms in total. The number of nitrogens with zero attached hydrogens (tertiary/aromatic N) is 1. The lowest BCUT2D eigenvalue weighted by atomic mass is 10.2. The summed E-state index contributed by atoms with van der Waals surface area (Å²) in [4.78, 5) is 35.2. The van der Waals surface area contributed by atoms with Gasteiger partial charge >= 0.3 is 5.97 Å². The van der Waals surface area contributed by atoms with Crippen LogP contribution in [-0.4, -0.2) is 47.9 Å². The minimum Gasteiger partial charge on any atom is -0.459 e. The van der Waals surface area contributed by atoms with E-state index in [4.69, 9.17) is 4.74 Å². The van der Waals surface area contributed by atoms with Crippen molar-refractivity contribution < 1.29 is 19.1 Å². The average molecular weight is 242 g/mol. The first-order valence-electron chi connectivity index (χ1n) is 5.46. The molecule has 0 radical (unpaired) electrons. The molecule has 1 unspecified atom stereocenters. The van der Waals surface area contributed by atoms with E-state index >= 15 is 0 Å². The number of rotatable bonds is 3. The number of amides is 2. The zero-order chi connectivity index (χ0) is 13.2. The largest absolute Gasteiger partial charge is 0.459 e. The second-order valence-electron chi connectivity index (χ2n) is 5.02. The standard InChI is InChI=1S/C11H18N2O4/c1-11(2,3)17-9(15)6-12-7-5-8(14)13(4)10(7)16/h7,12H,5-6H2,1-4H3. The highest BCUT2D eigenvalue weighted by molar-refractivity contribution is 6.05. The van der Waals surface area contributed by atoms with Crippen molar-refractivity contribution >= 4 is 17.8 Å². The van der Waals surface area contributed by atoms with Crippen LogP contribution in [0, 0.1) is 0 Å². The summed E-state index contributed by atoms with van der Waals surface area (Å²) < 4.78 is 5.08. The molecule has 0 aliphatic carbocycles. The smallest absolute Gasteiger partial charge is 0.320 e. The number of hydrogen-bond acceptors (Lipinski definition) is 5. The molecule has 0 saturated carbocycles. The van der Waals surface area contributed by atoms with E-state index in [0.29, 0.717) is 0 Å². The Labute approximate surface area is 100 Å². The Hall–Kier alpha value is -1.43. The number of ether oxygens (including phenoxy) is 1. The first-order valence-corrected chi connectivity index (χ1v) is 5.46. The van der Waals surface area contributed by atoms with Crippen molar-refractivity contribution in [1.82, 2.24) is 10.2 Å². The number of likely N-dealkylation sites (tertiary alicyclic amines) is 1. The van der Waals surface area contributed by atoms with Crippen LogP contribution < -0.4 is 5.32 Å². The first kappa shape index (κ1) is 13.6. The molecular weight excluding hydrogens is 224 g/mol. The molecule has 0 bridgehead atoms. The van der Waals surface area contributed by atoms with Gasteiger partial charge < -0.3 is 4.74 Å². The summed E-state index contributed by atoms with van der Waals surface area (Å²) in [6, 6.07) is -0.611. The number of hydrogen-bond donors (Lipinski definition) is 1. The Bertz CT molecular complexity index is 346. The van der Waals surface area contributed by atoms with E-state index in [0.717, 1.165) is 4.90 Å². The minimum atomic E-state index is -0.611. The molecule has 96 valence electrons. The molecule has 1 atom stereocenters. The van der Waals surface area contributed by atoms with E-state index in [2.05, 4.69) is 5.32 Å². The molecule has 1 saturated heterocycles. The maximum atomic E-state index is 11.5. The van der Waals surface area contributed by atoms with Gasteiger partial charge in [-0.3, -0.25) is 24.6 Å². The fraction of sp³-hybridized carbons (Fsp3) is 0.727. The number of imide groups is 1. The Balaban J connectivity index is 2.40. The Morgan fingerprint density at radius 3 is 2.47 bits per heavy atom. The predicted molar refractivity (Wildman–Crippen MR) is 60.0 cm³/mol. The van der Waals surface area contributed by atoms with E-state index in [1.54, 1.807) is 20.8 Å². The van der Waals surface area contributed by atoms with Crippen molar-refractivity contribution in [2.45, 2.75) is 38.8 Å². The SMILES string of the molecule is CN1C(=O)CC(NCC(=O)OC(C)(C)C)C1=O. The number of nitrogens with one attached hydrogen (secondary N) is 1. The fourth-order valence-electron chi connectivity index (χ4n) is 1.50. The van der Waals surface area contributed by atoms with Crippen molar-refractivity contribution in [3.8, 4) is 0 Å². The van der Waals surface area contributed by atoms with Gasteiger partial charge in [0, 0.05) is 7.05 Å². The first-order chi connectivity index (χ1) is 7.70. The molecule has 0 spiro atoms. The zero-order valence-corrected chi connectivity index (χ0v) is 10.6. The van der Waals surface area contributed by atoms with E-state index < -0.39 is 17.6 Å². The van der Waals surface area contributed by atoms with Crippen molar-refractivity contribution in [1.29, 1.82) is 0 Å². The highest BCUT2D eigenvalue weighted by Gasteiger charge is 2.36. The Kier molecular flexibility index (Phi) is 3.87. The van der Waals surface area contributed by atoms with Gasteiger partial charge in [0.2, 0.25) is 11.8 Å². The number of carbonyl (C=O) groups is 3. The van der Waals surface area contributed by atoms with Crippen LogP contribution in [-0.2, 0) is 19.1 Å². The minimum absolute atomic E-state index is 0.0746. The molecule has 0 aromatic rings. The molecule has 1 aliphatic rings. The van der Waals surface area contributed by atoms with Gasteiger partial charge in [-0.2, -0.15) is 0 Å². The van der Waals surface area contributed by atoms with E-state index in [9.17, 15) is 14.4 Å². The molecule has 0 aromatic carbocycles. The summed E-state index contributed by atoms with van der Waals surface area (Å²) in [5, 5.41) is 2.73. The van der Waals surface area contributed by atoms with Crippen molar-refractivity contribution in [2.24, 2.45) is 0 Å². The van der Waals surface area contributed by atoms with Gasteiger partial charge in [0.05, 0.1) is 19.0 Å². The van der Waals surface area contributed by atoms with Crippen molar-refractivity contribution in [2.75, 3.05) is 13.6 Å². The van der Waals surface area contributed by atoms with Crippen LogP contribution in [0.3, 0.4) is 0 Å². The monoisotopic (exact) mass is 242 g/mol. The molecule has 1 rings (SSSR count). The van der Waals surface area contributed by atoms with Gasteiger partial charge in [-0.25, -0.2) is 0 Å². The molecule has 17 heavy (non-hydrogen) atoms. The third kappa shape index (κ3) is 3.81.